The molecule has 0 spiro atoms. The molecule has 1 fully saturated rings. The van der Waals surface area contributed by atoms with Gasteiger partial charge < -0.3 is 15.4 Å². The van der Waals surface area contributed by atoms with Crippen molar-refractivity contribution in [3.8, 4) is 16.9 Å². The fraction of sp³-hybridized carbons (Fsp3) is 0.450. The lowest BCUT2D eigenvalue weighted by molar-refractivity contribution is 0.205. The Morgan fingerprint density at radius 1 is 1.08 bits per heavy atom. The standard InChI is InChI=1S/C20H27N3O/c1-16-14-18(15-22-20(16)21)17-6-8-19(9-7-17)24-13-5-12-23-10-3-2-4-11-23/h6-9,14-15H,2-5,10-13H2,1H3,(H2,21,22). The van der Waals surface area contributed by atoms with E-state index in [-0.39, 0.29) is 0 Å². The van der Waals surface area contributed by atoms with E-state index in [0.29, 0.717) is 5.82 Å². The quantitative estimate of drug-likeness (QED) is 0.819. The van der Waals surface area contributed by atoms with Gasteiger partial charge in [-0.25, -0.2) is 4.98 Å². The van der Waals surface area contributed by atoms with Gasteiger partial charge in [-0.1, -0.05) is 18.6 Å². The van der Waals surface area contributed by atoms with Gasteiger partial charge in [0.05, 0.1) is 6.61 Å². The number of rotatable bonds is 6. The summed E-state index contributed by atoms with van der Waals surface area (Å²) in [5.74, 6) is 1.52. The maximum absolute atomic E-state index is 5.87. The molecule has 1 saturated heterocycles. The molecule has 1 aliphatic heterocycles. The Balaban J connectivity index is 1.48. The van der Waals surface area contributed by atoms with Crippen LogP contribution in [0.3, 0.4) is 0 Å². The highest BCUT2D eigenvalue weighted by Gasteiger charge is 2.09. The van der Waals surface area contributed by atoms with Gasteiger partial charge in [0.2, 0.25) is 0 Å². The third-order valence-electron chi connectivity index (χ3n) is 4.64. The number of nitrogens with zero attached hydrogens (tertiary/aromatic N) is 2. The lowest BCUT2D eigenvalue weighted by Crippen LogP contribution is -2.31. The SMILES string of the molecule is Cc1cc(-c2ccc(OCCCN3CCCCC3)cc2)cnc1N. The number of pyridine rings is 1. The van der Waals surface area contributed by atoms with Gasteiger partial charge in [0.1, 0.15) is 11.6 Å². The van der Waals surface area contributed by atoms with Crippen LogP contribution in [0.2, 0.25) is 0 Å². The summed E-state index contributed by atoms with van der Waals surface area (Å²) >= 11 is 0. The number of anilines is 1. The van der Waals surface area contributed by atoms with Crippen molar-refractivity contribution >= 4 is 5.82 Å². The maximum Gasteiger partial charge on any atom is 0.126 e. The van der Waals surface area contributed by atoms with E-state index < -0.39 is 0 Å². The summed E-state index contributed by atoms with van der Waals surface area (Å²) < 4.78 is 5.87. The second kappa shape index (κ2) is 8.15. The van der Waals surface area contributed by atoms with Crippen LogP contribution in [-0.4, -0.2) is 36.1 Å². The Kier molecular flexibility index (Phi) is 5.70. The summed E-state index contributed by atoms with van der Waals surface area (Å²) in [7, 11) is 0. The fourth-order valence-corrected chi connectivity index (χ4v) is 3.15. The summed E-state index contributed by atoms with van der Waals surface area (Å²) in [4.78, 5) is 6.77. The van der Waals surface area contributed by atoms with Crippen molar-refractivity contribution in [1.29, 1.82) is 0 Å². The predicted molar refractivity (Wildman–Crippen MR) is 99.2 cm³/mol. The van der Waals surface area contributed by atoms with Crippen molar-refractivity contribution in [3.05, 3.63) is 42.1 Å². The van der Waals surface area contributed by atoms with Crippen LogP contribution >= 0.6 is 0 Å². The third-order valence-corrected chi connectivity index (χ3v) is 4.64. The van der Waals surface area contributed by atoms with Crippen molar-refractivity contribution in [1.82, 2.24) is 9.88 Å². The molecule has 4 heteroatoms. The minimum absolute atomic E-state index is 0.590. The van der Waals surface area contributed by atoms with E-state index in [4.69, 9.17) is 10.5 Å². The van der Waals surface area contributed by atoms with Gasteiger partial charge in [-0.3, -0.25) is 0 Å². The van der Waals surface area contributed by atoms with Gasteiger partial charge in [-0.05, 0) is 68.6 Å². The molecule has 0 atom stereocenters. The number of ether oxygens (including phenoxy) is 1. The topological polar surface area (TPSA) is 51.4 Å². The number of aromatic nitrogens is 1. The van der Waals surface area contributed by atoms with E-state index in [1.165, 1.54) is 32.4 Å². The number of benzene rings is 1. The molecule has 0 bridgehead atoms. The zero-order valence-corrected chi connectivity index (χ0v) is 14.5. The second-order valence-electron chi connectivity index (χ2n) is 6.55. The maximum atomic E-state index is 5.87. The second-order valence-corrected chi connectivity index (χ2v) is 6.55. The zero-order chi connectivity index (χ0) is 16.8. The molecule has 0 radical (unpaired) electrons. The van der Waals surface area contributed by atoms with Gasteiger partial charge in [0, 0.05) is 18.3 Å². The Labute approximate surface area is 144 Å². The summed E-state index contributed by atoms with van der Waals surface area (Å²) in [6.07, 6.45) is 6.99. The van der Waals surface area contributed by atoms with Gasteiger partial charge in [-0.15, -0.1) is 0 Å². The molecular weight excluding hydrogens is 298 g/mol. The van der Waals surface area contributed by atoms with E-state index in [0.717, 1.165) is 42.0 Å². The molecule has 24 heavy (non-hydrogen) atoms. The number of nitrogen functional groups attached to an aromatic ring is 1. The molecule has 0 unspecified atom stereocenters. The molecular formula is C20H27N3O. The number of piperidine rings is 1. The van der Waals surface area contributed by atoms with Crippen LogP contribution in [-0.2, 0) is 0 Å². The highest BCUT2D eigenvalue weighted by atomic mass is 16.5. The first-order valence-electron chi connectivity index (χ1n) is 8.90. The van der Waals surface area contributed by atoms with E-state index in [1.807, 2.05) is 25.3 Å². The van der Waals surface area contributed by atoms with Crippen LogP contribution in [0.4, 0.5) is 5.82 Å². The molecule has 128 valence electrons. The third kappa shape index (κ3) is 4.48. The highest BCUT2D eigenvalue weighted by Crippen LogP contribution is 2.24. The molecule has 0 saturated carbocycles. The average molecular weight is 325 g/mol. The monoisotopic (exact) mass is 325 g/mol. The molecule has 2 N–H and O–H groups in total. The van der Waals surface area contributed by atoms with E-state index in [1.54, 1.807) is 0 Å². The van der Waals surface area contributed by atoms with E-state index in [9.17, 15) is 0 Å². The Hall–Kier alpha value is -2.07. The fourth-order valence-electron chi connectivity index (χ4n) is 3.15. The van der Waals surface area contributed by atoms with Crippen molar-refractivity contribution in [2.45, 2.75) is 32.6 Å². The van der Waals surface area contributed by atoms with Gasteiger partial charge in [0.25, 0.3) is 0 Å². The number of hydrogen-bond acceptors (Lipinski definition) is 4. The Bertz CT molecular complexity index is 648. The van der Waals surface area contributed by atoms with Crippen LogP contribution in [0.5, 0.6) is 5.75 Å². The van der Waals surface area contributed by atoms with Gasteiger partial charge in [0.15, 0.2) is 0 Å². The van der Waals surface area contributed by atoms with E-state index in [2.05, 4.69) is 28.1 Å². The number of nitrogens with two attached hydrogens (primary N) is 1. The van der Waals surface area contributed by atoms with Crippen LogP contribution < -0.4 is 10.5 Å². The molecule has 3 rings (SSSR count). The van der Waals surface area contributed by atoms with Crippen LogP contribution in [0.15, 0.2) is 36.5 Å². The Morgan fingerprint density at radius 3 is 2.54 bits per heavy atom. The van der Waals surface area contributed by atoms with Gasteiger partial charge in [-0.2, -0.15) is 0 Å². The molecule has 1 aliphatic rings. The smallest absolute Gasteiger partial charge is 0.126 e. The number of hydrogen-bond donors (Lipinski definition) is 1. The first-order chi connectivity index (χ1) is 11.7. The minimum atomic E-state index is 0.590. The zero-order valence-electron chi connectivity index (χ0n) is 14.5. The van der Waals surface area contributed by atoms with E-state index >= 15 is 0 Å². The van der Waals surface area contributed by atoms with Gasteiger partial charge >= 0.3 is 0 Å². The Morgan fingerprint density at radius 2 is 1.83 bits per heavy atom. The first kappa shape index (κ1) is 16.8. The molecule has 2 aromatic rings. The molecule has 1 aromatic heterocycles. The highest BCUT2D eigenvalue weighted by molar-refractivity contribution is 5.65. The summed E-state index contributed by atoms with van der Waals surface area (Å²) in [6.45, 7) is 6.41. The summed E-state index contributed by atoms with van der Waals surface area (Å²) in [6, 6.07) is 10.3. The van der Waals surface area contributed by atoms with Crippen LogP contribution in [0, 0.1) is 6.92 Å². The normalized spacial score (nSPS) is 15.4. The number of likely N-dealkylation sites (tertiary alicyclic amines) is 1. The van der Waals surface area contributed by atoms with Crippen molar-refractivity contribution < 1.29 is 4.74 Å². The van der Waals surface area contributed by atoms with Crippen molar-refractivity contribution in [3.63, 3.8) is 0 Å². The lowest BCUT2D eigenvalue weighted by atomic mass is 10.1. The average Bonchev–Trinajstić information content (AvgIpc) is 2.62. The van der Waals surface area contributed by atoms with Crippen LogP contribution in [0.25, 0.3) is 11.1 Å². The summed E-state index contributed by atoms with van der Waals surface area (Å²) in [5, 5.41) is 0. The number of aryl methyl sites for hydroxylation is 1. The molecule has 0 aliphatic carbocycles. The molecule has 4 nitrogen and oxygen atoms in total. The lowest BCUT2D eigenvalue weighted by Gasteiger charge is -2.26. The van der Waals surface area contributed by atoms with Crippen LogP contribution in [0.1, 0.15) is 31.2 Å². The molecule has 2 heterocycles. The largest absolute Gasteiger partial charge is 0.494 e. The van der Waals surface area contributed by atoms with Crippen molar-refractivity contribution in [2.24, 2.45) is 0 Å². The molecule has 1 aromatic carbocycles. The molecule has 0 amide bonds. The van der Waals surface area contributed by atoms with Crippen molar-refractivity contribution in [2.75, 3.05) is 32.0 Å². The first-order valence-corrected chi connectivity index (χ1v) is 8.90. The predicted octanol–water partition coefficient (Wildman–Crippen LogP) is 3.89. The minimum Gasteiger partial charge on any atom is -0.494 e. The summed E-state index contributed by atoms with van der Waals surface area (Å²) in [5.41, 5.74) is 9.00.